The minimum atomic E-state index is -0.320. The average molecular weight is 343 g/mol. The highest BCUT2D eigenvalue weighted by Crippen LogP contribution is 2.15. The smallest absolute Gasteiger partial charge is 0.321 e. The largest absolute Gasteiger partial charge is 0.466 e. The summed E-state index contributed by atoms with van der Waals surface area (Å²) in [6, 6.07) is 6.62. The van der Waals surface area contributed by atoms with Gasteiger partial charge in [-0.3, -0.25) is 4.79 Å². The number of methoxy groups -OCH3 is 1. The lowest BCUT2D eigenvalue weighted by Crippen LogP contribution is -2.37. The third kappa shape index (κ3) is 7.85. The van der Waals surface area contributed by atoms with Crippen LogP contribution in [-0.4, -0.2) is 50.3 Å². The minimum Gasteiger partial charge on any atom is -0.466 e. The molecule has 6 nitrogen and oxygen atoms in total. The number of hydrogen-bond donors (Lipinski definition) is 1. The lowest BCUT2D eigenvalue weighted by Gasteiger charge is -2.22. The Kier molecular flexibility index (Phi) is 9.09. The molecule has 1 aromatic rings. The molecule has 0 aliphatic heterocycles. The Morgan fingerprint density at radius 2 is 2.09 bits per heavy atom. The second-order valence-corrected chi connectivity index (χ2v) is 5.27. The number of urea groups is 1. The van der Waals surface area contributed by atoms with Gasteiger partial charge in [0.2, 0.25) is 0 Å². The zero-order valence-corrected chi connectivity index (χ0v) is 14.3. The maximum Gasteiger partial charge on any atom is 0.321 e. The quantitative estimate of drug-likeness (QED) is 0.553. The molecule has 0 aromatic heterocycles. The van der Waals surface area contributed by atoms with Gasteiger partial charge in [-0.1, -0.05) is 17.7 Å². The summed E-state index contributed by atoms with van der Waals surface area (Å²) in [6.07, 6.45) is 0.839. The van der Waals surface area contributed by atoms with Gasteiger partial charge < -0.3 is 19.7 Å². The SMILES string of the molecule is CCOC(=O)CCN(CCCOC)C(=O)Nc1cccc(Cl)c1. The summed E-state index contributed by atoms with van der Waals surface area (Å²) in [4.78, 5) is 25.4. The van der Waals surface area contributed by atoms with E-state index in [2.05, 4.69) is 5.32 Å². The molecule has 0 saturated heterocycles. The molecule has 7 heteroatoms. The number of carbonyl (C=O) groups is 2. The van der Waals surface area contributed by atoms with Gasteiger partial charge in [0.15, 0.2) is 0 Å². The first kappa shape index (κ1) is 19.3. The monoisotopic (exact) mass is 342 g/mol. The maximum absolute atomic E-state index is 12.4. The van der Waals surface area contributed by atoms with E-state index in [9.17, 15) is 9.59 Å². The summed E-state index contributed by atoms with van der Waals surface area (Å²) >= 11 is 5.91. The Labute approximate surface area is 141 Å². The number of ether oxygens (including phenoxy) is 2. The fourth-order valence-corrected chi connectivity index (χ4v) is 2.13. The van der Waals surface area contributed by atoms with E-state index >= 15 is 0 Å². The molecule has 0 aliphatic rings. The van der Waals surface area contributed by atoms with Crippen LogP contribution in [0.3, 0.4) is 0 Å². The summed E-state index contributed by atoms with van der Waals surface area (Å²) in [5, 5.41) is 3.32. The van der Waals surface area contributed by atoms with Crippen LogP contribution >= 0.6 is 11.6 Å². The number of anilines is 1. The van der Waals surface area contributed by atoms with E-state index in [1.165, 1.54) is 0 Å². The lowest BCUT2D eigenvalue weighted by molar-refractivity contribution is -0.143. The van der Waals surface area contributed by atoms with Gasteiger partial charge in [0.25, 0.3) is 0 Å². The predicted molar refractivity (Wildman–Crippen MR) is 89.8 cm³/mol. The van der Waals surface area contributed by atoms with Gasteiger partial charge in [-0.25, -0.2) is 4.79 Å². The van der Waals surface area contributed by atoms with Gasteiger partial charge >= 0.3 is 12.0 Å². The van der Waals surface area contributed by atoms with Crippen LogP contribution in [-0.2, 0) is 14.3 Å². The minimum absolute atomic E-state index is 0.157. The number of benzene rings is 1. The number of hydrogen-bond acceptors (Lipinski definition) is 4. The van der Waals surface area contributed by atoms with Crippen LogP contribution in [0.2, 0.25) is 5.02 Å². The molecule has 23 heavy (non-hydrogen) atoms. The third-order valence-electron chi connectivity index (χ3n) is 3.03. The summed E-state index contributed by atoms with van der Waals surface area (Å²) in [5.74, 6) is -0.320. The number of halogens is 1. The van der Waals surface area contributed by atoms with Crippen LogP contribution in [0.4, 0.5) is 10.5 Å². The second kappa shape index (κ2) is 10.9. The van der Waals surface area contributed by atoms with Gasteiger partial charge in [0.1, 0.15) is 0 Å². The van der Waals surface area contributed by atoms with E-state index < -0.39 is 0 Å². The maximum atomic E-state index is 12.4. The number of carbonyl (C=O) groups excluding carboxylic acids is 2. The summed E-state index contributed by atoms with van der Waals surface area (Å²) in [5.41, 5.74) is 0.607. The molecular formula is C16H23ClN2O4. The van der Waals surface area contributed by atoms with Crippen molar-refractivity contribution >= 4 is 29.3 Å². The van der Waals surface area contributed by atoms with E-state index in [0.29, 0.717) is 36.9 Å². The van der Waals surface area contributed by atoms with E-state index in [4.69, 9.17) is 21.1 Å². The first-order valence-corrected chi connectivity index (χ1v) is 7.90. The summed E-state index contributed by atoms with van der Waals surface area (Å²) < 4.78 is 9.89. The van der Waals surface area contributed by atoms with Gasteiger partial charge in [0.05, 0.1) is 13.0 Å². The van der Waals surface area contributed by atoms with Crippen molar-refractivity contribution in [1.82, 2.24) is 4.90 Å². The highest BCUT2D eigenvalue weighted by Gasteiger charge is 2.15. The van der Waals surface area contributed by atoms with Gasteiger partial charge in [-0.15, -0.1) is 0 Å². The number of amides is 2. The van der Waals surface area contributed by atoms with Gasteiger partial charge in [-0.2, -0.15) is 0 Å². The second-order valence-electron chi connectivity index (χ2n) is 4.83. The normalized spacial score (nSPS) is 10.2. The number of nitrogens with one attached hydrogen (secondary N) is 1. The van der Waals surface area contributed by atoms with Crippen molar-refractivity contribution in [1.29, 1.82) is 0 Å². The predicted octanol–water partition coefficient (Wildman–Crippen LogP) is 3.16. The summed E-state index contributed by atoms with van der Waals surface area (Å²) in [6.45, 7) is 3.40. The molecule has 0 heterocycles. The topological polar surface area (TPSA) is 67.9 Å². The van der Waals surface area contributed by atoms with Crippen molar-refractivity contribution in [2.75, 3.05) is 38.7 Å². The zero-order chi connectivity index (χ0) is 17.1. The molecule has 0 radical (unpaired) electrons. The van der Waals surface area contributed by atoms with Crippen molar-refractivity contribution < 1.29 is 19.1 Å². The molecule has 1 aromatic carbocycles. The molecule has 2 amide bonds. The molecular weight excluding hydrogens is 320 g/mol. The molecule has 0 bridgehead atoms. The van der Waals surface area contributed by atoms with Crippen molar-refractivity contribution in [3.63, 3.8) is 0 Å². The molecule has 1 N–H and O–H groups in total. The van der Waals surface area contributed by atoms with E-state index in [-0.39, 0.29) is 25.0 Å². The van der Waals surface area contributed by atoms with E-state index in [1.54, 1.807) is 43.2 Å². The van der Waals surface area contributed by atoms with Crippen LogP contribution in [0.5, 0.6) is 0 Å². The molecule has 0 aliphatic carbocycles. The first-order chi connectivity index (χ1) is 11.1. The van der Waals surface area contributed by atoms with Crippen LogP contribution in [0.25, 0.3) is 0 Å². The summed E-state index contributed by atoms with van der Waals surface area (Å²) in [7, 11) is 1.61. The van der Waals surface area contributed by atoms with Gasteiger partial charge in [-0.05, 0) is 31.5 Å². The number of esters is 1. The molecule has 0 atom stereocenters. The Bertz CT molecular complexity index is 511. The highest BCUT2D eigenvalue weighted by molar-refractivity contribution is 6.30. The lowest BCUT2D eigenvalue weighted by atomic mass is 10.3. The van der Waals surface area contributed by atoms with Crippen LogP contribution in [0, 0.1) is 0 Å². The highest BCUT2D eigenvalue weighted by atomic mass is 35.5. The van der Waals surface area contributed by atoms with Crippen molar-refractivity contribution in [2.24, 2.45) is 0 Å². The Balaban J connectivity index is 2.61. The van der Waals surface area contributed by atoms with E-state index in [0.717, 1.165) is 0 Å². The van der Waals surface area contributed by atoms with Crippen LogP contribution < -0.4 is 5.32 Å². The molecule has 0 unspecified atom stereocenters. The fraction of sp³-hybridized carbons (Fsp3) is 0.500. The van der Waals surface area contributed by atoms with Crippen LogP contribution in [0.1, 0.15) is 19.8 Å². The van der Waals surface area contributed by atoms with Crippen molar-refractivity contribution in [3.05, 3.63) is 29.3 Å². The molecule has 1 rings (SSSR count). The molecule has 128 valence electrons. The number of rotatable bonds is 9. The standard InChI is InChI=1S/C16H23ClN2O4/c1-3-23-15(20)8-10-19(9-5-11-22-2)16(21)18-14-7-4-6-13(17)12-14/h4,6-7,12H,3,5,8-11H2,1-2H3,(H,18,21). The Morgan fingerprint density at radius 1 is 1.30 bits per heavy atom. The van der Waals surface area contributed by atoms with Crippen molar-refractivity contribution in [3.8, 4) is 0 Å². The van der Waals surface area contributed by atoms with E-state index in [1.807, 2.05) is 0 Å². The number of nitrogens with zero attached hydrogens (tertiary/aromatic N) is 1. The Hall–Kier alpha value is -1.79. The van der Waals surface area contributed by atoms with Gasteiger partial charge in [0, 0.05) is 37.5 Å². The molecule has 0 saturated carbocycles. The molecule has 0 spiro atoms. The Morgan fingerprint density at radius 3 is 2.74 bits per heavy atom. The third-order valence-corrected chi connectivity index (χ3v) is 3.27. The first-order valence-electron chi connectivity index (χ1n) is 7.53. The average Bonchev–Trinajstić information content (AvgIpc) is 2.51. The fourth-order valence-electron chi connectivity index (χ4n) is 1.94. The zero-order valence-electron chi connectivity index (χ0n) is 13.5. The molecule has 0 fully saturated rings. The van der Waals surface area contributed by atoms with Crippen molar-refractivity contribution in [2.45, 2.75) is 19.8 Å². The van der Waals surface area contributed by atoms with Crippen LogP contribution in [0.15, 0.2) is 24.3 Å².